The van der Waals surface area contributed by atoms with E-state index in [9.17, 15) is 4.79 Å². The van der Waals surface area contributed by atoms with Gasteiger partial charge >= 0.3 is 5.97 Å². The third-order valence-electron chi connectivity index (χ3n) is 2.06. The van der Waals surface area contributed by atoms with E-state index in [1.807, 2.05) is 19.1 Å². The van der Waals surface area contributed by atoms with Crippen LogP contribution in [0.2, 0.25) is 0 Å². The fourth-order valence-corrected chi connectivity index (χ4v) is 1.14. The minimum absolute atomic E-state index is 0.144. The standard InChI is InChI=1S/C10H14N2O2/c1-7-2-3-9(12-6-7)4-8(5-11)10(13)14/h2-3,6,8H,4-5,11H2,1H3,(H,13,14). The van der Waals surface area contributed by atoms with Crippen LogP contribution in [-0.2, 0) is 11.2 Å². The lowest BCUT2D eigenvalue weighted by atomic mass is 10.0. The number of aromatic nitrogens is 1. The number of nitrogens with zero attached hydrogens (tertiary/aromatic N) is 1. The van der Waals surface area contributed by atoms with Crippen molar-refractivity contribution in [2.75, 3.05) is 6.54 Å². The molecule has 1 atom stereocenters. The molecule has 0 saturated heterocycles. The van der Waals surface area contributed by atoms with E-state index in [2.05, 4.69) is 4.98 Å². The summed E-state index contributed by atoms with van der Waals surface area (Å²) in [6, 6.07) is 3.75. The molecule has 4 heteroatoms. The summed E-state index contributed by atoms with van der Waals surface area (Å²) in [7, 11) is 0. The third-order valence-corrected chi connectivity index (χ3v) is 2.06. The second kappa shape index (κ2) is 4.72. The molecule has 0 aromatic carbocycles. The number of carboxylic acids is 1. The topological polar surface area (TPSA) is 76.2 Å². The summed E-state index contributed by atoms with van der Waals surface area (Å²) in [6.45, 7) is 2.08. The molecule has 76 valence electrons. The van der Waals surface area contributed by atoms with E-state index in [-0.39, 0.29) is 6.54 Å². The molecule has 14 heavy (non-hydrogen) atoms. The van der Waals surface area contributed by atoms with Crippen molar-refractivity contribution in [3.8, 4) is 0 Å². The molecule has 0 aliphatic rings. The molecule has 0 aliphatic heterocycles. The molecule has 1 unspecified atom stereocenters. The number of hydrogen-bond donors (Lipinski definition) is 2. The van der Waals surface area contributed by atoms with Crippen LogP contribution in [0.25, 0.3) is 0 Å². The van der Waals surface area contributed by atoms with Gasteiger partial charge in [-0.3, -0.25) is 9.78 Å². The lowest BCUT2D eigenvalue weighted by molar-refractivity contribution is -0.141. The van der Waals surface area contributed by atoms with Crippen LogP contribution in [-0.4, -0.2) is 22.6 Å². The van der Waals surface area contributed by atoms with Gasteiger partial charge < -0.3 is 10.8 Å². The van der Waals surface area contributed by atoms with Gasteiger partial charge in [0.05, 0.1) is 5.92 Å². The van der Waals surface area contributed by atoms with Crippen LogP contribution < -0.4 is 5.73 Å². The summed E-state index contributed by atoms with van der Waals surface area (Å²) in [5.41, 5.74) is 7.18. The fraction of sp³-hybridized carbons (Fsp3) is 0.400. The molecule has 0 radical (unpaired) electrons. The van der Waals surface area contributed by atoms with Gasteiger partial charge in [0.1, 0.15) is 0 Å². The van der Waals surface area contributed by atoms with Crippen LogP contribution in [0.4, 0.5) is 0 Å². The number of pyridine rings is 1. The summed E-state index contributed by atoms with van der Waals surface area (Å²) < 4.78 is 0. The van der Waals surface area contributed by atoms with Crippen LogP contribution in [0.1, 0.15) is 11.3 Å². The molecule has 4 nitrogen and oxygen atoms in total. The molecule has 0 spiro atoms. The van der Waals surface area contributed by atoms with Crippen molar-refractivity contribution in [2.45, 2.75) is 13.3 Å². The largest absolute Gasteiger partial charge is 0.481 e. The molecule has 1 aromatic rings. The molecule has 0 amide bonds. The molecule has 1 aromatic heterocycles. The van der Waals surface area contributed by atoms with Crippen molar-refractivity contribution in [3.05, 3.63) is 29.6 Å². The fourth-order valence-electron chi connectivity index (χ4n) is 1.14. The zero-order chi connectivity index (χ0) is 10.6. The van der Waals surface area contributed by atoms with E-state index in [0.29, 0.717) is 6.42 Å². The smallest absolute Gasteiger partial charge is 0.308 e. The highest BCUT2D eigenvalue weighted by Crippen LogP contribution is 2.06. The van der Waals surface area contributed by atoms with Gasteiger partial charge in [0.25, 0.3) is 0 Å². The average molecular weight is 194 g/mol. The Morgan fingerprint density at radius 2 is 2.36 bits per heavy atom. The predicted octanol–water partition coefficient (Wildman–Crippen LogP) is 0.592. The van der Waals surface area contributed by atoms with Crippen molar-refractivity contribution in [3.63, 3.8) is 0 Å². The predicted molar refractivity (Wildman–Crippen MR) is 52.9 cm³/mol. The second-order valence-electron chi connectivity index (χ2n) is 3.30. The number of aliphatic carboxylic acids is 1. The number of aryl methyl sites for hydroxylation is 1. The van der Waals surface area contributed by atoms with Crippen molar-refractivity contribution in [1.82, 2.24) is 4.98 Å². The quantitative estimate of drug-likeness (QED) is 0.735. The SMILES string of the molecule is Cc1ccc(CC(CN)C(=O)O)nc1. The lowest BCUT2D eigenvalue weighted by Crippen LogP contribution is -2.25. The first-order valence-corrected chi connectivity index (χ1v) is 4.48. The van der Waals surface area contributed by atoms with Crippen LogP contribution in [0.3, 0.4) is 0 Å². The monoisotopic (exact) mass is 194 g/mol. The maximum absolute atomic E-state index is 10.7. The number of carbonyl (C=O) groups is 1. The van der Waals surface area contributed by atoms with Gasteiger partial charge in [-0.25, -0.2) is 0 Å². The Hall–Kier alpha value is -1.42. The lowest BCUT2D eigenvalue weighted by Gasteiger charge is -2.08. The minimum atomic E-state index is -0.866. The molecule has 1 heterocycles. The molecular weight excluding hydrogens is 180 g/mol. The van der Waals surface area contributed by atoms with Gasteiger partial charge in [0, 0.05) is 24.9 Å². The number of rotatable bonds is 4. The van der Waals surface area contributed by atoms with E-state index < -0.39 is 11.9 Å². The number of hydrogen-bond acceptors (Lipinski definition) is 3. The van der Waals surface area contributed by atoms with E-state index in [0.717, 1.165) is 11.3 Å². The van der Waals surface area contributed by atoms with Gasteiger partial charge in [-0.2, -0.15) is 0 Å². The normalized spacial score (nSPS) is 12.4. The first-order valence-electron chi connectivity index (χ1n) is 4.48. The van der Waals surface area contributed by atoms with Gasteiger partial charge in [0.2, 0.25) is 0 Å². The van der Waals surface area contributed by atoms with Crippen molar-refractivity contribution in [1.29, 1.82) is 0 Å². The first kappa shape index (κ1) is 10.7. The number of carboxylic acid groups (broad SMARTS) is 1. The Morgan fingerprint density at radius 1 is 1.64 bits per heavy atom. The highest BCUT2D eigenvalue weighted by Gasteiger charge is 2.16. The zero-order valence-electron chi connectivity index (χ0n) is 8.10. The highest BCUT2D eigenvalue weighted by atomic mass is 16.4. The third kappa shape index (κ3) is 2.81. The molecule has 1 rings (SSSR count). The van der Waals surface area contributed by atoms with Gasteiger partial charge in [0.15, 0.2) is 0 Å². The van der Waals surface area contributed by atoms with E-state index >= 15 is 0 Å². The minimum Gasteiger partial charge on any atom is -0.481 e. The van der Waals surface area contributed by atoms with E-state index in [4.69, 9.17) is 10.8 Å². The van der Waals surface area contributed by atoms with E-state index in [1.54, 1.807) is 6.20 Å². The summed E-state index contributed by atoms with van der Waals surface area (Å²) in [6.07, 6.45) is 2.12. The molecule has 0 aliphatic carbocycles. The maximum atomic E-state index is 10.7. The molecular formula is C10H14N2O2. The van der Waals surface area contributed by atoms with Crippen LogP contribution in [0, 0.1) is 12.8 Å². The highest BCUT2D eigenvalue weighted by molar-refractivity contribution is 5.70. The zero-order valence-corrected chi connectivity index (χ0v) is 8.10. The Morgan fingerprint density at radius 3 is 2.79 bits per heavy atom. The first-order chi connectivity index (χ1) is 6.63. The van der Waals surface area contributed by atoms with Crippen molar-refractivity contribution < 1.29 is 9.90 Å². The molecule has 3 N–H and O–H groups in total. The summed E-state index contributed by atoms with van der Waals surface area (Å²) >= 11 is 0. The summed E-state index contributed by atoms with van der Waals surface area (Å²) in [5, 5.41) is 8.78. The Kier molecular flexibility index (Phi) is 3.59. The number of nitrogens with two attached hydrogens (primary N) is 1. The van der Waals surface area contributed by atoms with Gasteiger partial charge in [-0.1, -0.05) is 6.07 Å². The molecule has 0 bridgehead atoms. The maximum Gasteiger partial charge on any atom is 0.308 e. The Bertz CT molecular complexity index is 308. The van der Waals surface area contributed by atoms with Crippen LogP contribution >= 0.6 is 0 Å². The Labute approximate surface area is 82.8 Å². The van der Waals surface area contributed by atoms with Crippen LogP contribution in [0.15, 0.2) is 18.3 Å². The Balaban J connectivity index is 2.67. The summed E-state index contributed by atoms with van der Waals surface area (Å²) in [4.78, 5) is 14.8. The molecule has 0 fully saturated rings. The van der Waals surface area contributed by atoms with Gasteiger partial charge in [-0.05, 0) is 18.6 Å². The van der Waals surface area contributed by atoms with Crippen molar-refractivity contribution in [2.24, 2.45) is 11.7 Å². The summed E-state index contributed by atoms with van der Waals surface area (Å²) in [5.74, 6) is -1.40. The van der Waals surface area contributed by atoms with Crippen LogP contribution in [0.5, 0.6) is 0 Å². The molecule has 0 saturated carbocycles. The average Bonchev–Trinajstić information content (AvgIpc) is 2.16. The van der Waals surface area contributed by atoms with Crippen molar-refractivity contribution >= 4 is 5.97 Å². The van der Waals surface area contributed by atoms with Gasteiger partial charge in [-0.15, -0.1) is 0 Å². The second-order valence-corrected chi connectivity index (χ2v) is 3.30. The van der Waals surface area contributed by atoms with E-state index in [1.165, 1.54) is 0 Å².